The number of nitrogens with zero attached hydrogens (tertiary/aromatic N) is 2. The van der Waals surface area contributed by atoms with E-state index in [4.69, 9.17) is 4.74 Å². The van der Waals surface area contributed by atoms with Crippen LogP contribution in [0.15, 0.2) is 29.7 Å². The summed E-state index contributed by atoms with van der Waals surface area (Å²) in [6.45, 7) is 2.31. The lowest BCUT2D eigenvalue weighted by Crippen LogP contribution is -2.14. The molecule has 1 heterocycles. The third-order valence-corrected chi connectivity index (χ3v) is 2.07. The Morgan fingerprint density at radius 3 is 3.00 bits per heavy atom. The molecule has 0 fully saturated rings. The highest BCUT2D eigenvalue weighted by Crippen LogP contribution is 2.17. The quantitative estimate of drug-likeness (QED) is 0.420. The number of ether oxygens (including phenoxy) is 1. The van der Waals surface area contributed by atoms with Gasteiger partial charge in [-0.25, -0.2) is 4.79 Å². The van der Waals surface area contributed by atoms with Gasteiger partial charge >= 0.3 is 5.97 Å². The monoisotopic (exact) mass is 222 g/mol. The number of nitroso groups, excluding NO2 is 1. The lowest BCUT2D eigenvalue weighted by atomic mass is 10.1. The van der Waals surface area contributed by atoms with E-state index < -0.39 is 12.0 Å². The fraction of sp³-hybridized carbons (Fsp3) is 0.455. The summed E-state index contributed by atoms with van der Waals surface area (Å²) in [6, 6.07) is 2.16. The first kappa shape index (κ1) is 12.3. The van der Waals surface area contributed by atoms with Crippen LogP contribution in [-0.2, 0) is 9.53 Å². The number of carbonyl (C=O) groups is 1. The fourth-order valence-electron chi connectivity index (χ4n) is 1.17. The third kappa shape index (κ3) is 3.42. The number of aromatic nitrogens is 1. The van der Waals surface area contributed by atoms with Crippen molar-refractivity contribution in [3.8, 4) is 0 Å². The molecule has 0 saturated heterocycles. The highest BCUT2D eigenvalue weighted by Gasteiger charge is 2.22. The Kier molecular flexibility index (Phi) is 5.11. The summed E-state index contributed by atoms with van der Waals surface area (Å²) >= 11 is 0. The molecule has 0 saturated carbocycles. The highest BCUT2D eigenvalue weighted by molar-refractivity contribution is 5.77. The molecule has 0 N–H and O–H groups in total. The van der Waals surface area contributed by atoms with Gasteiger partial charge in [0.05, 0.1) is 6.61 Å². The van der Waals surface area contributed by atoms with Gasteiger partial charge in [0.1, 0.15) is 0 Å². The van der Waals surface area contributed by atoms with Crippen LogP contribution in [0.4, 0.5) is 0 Å². The number of esters is 1. The van der Waals surface area contributed by atoms with E-state index in [-0.39, 0.29) is 0 Å². The molecule has 1 aromatic heterocycles. The topological polar surface area (TPSA) is 68.6 Å². The zero-order valence-electron chi connectivity index (χ0n) is 9.13. The molecule has 1 unspecified atom stereocenters. The van der Waals surface area contributed by atoms with Crippen LogP contribution >= 0.6 is 0 Å². The first-order chi connectivity index (χ1) is 7.79. The Hall–Kier alpha value is -1.78. The van der Waals surface area contributed by atoms with Gasteiger partial charge in [-0.3, -0.25) is 4.98 Å². The van der Waals surface area contributed by atoms with Gasteiger partial charge in [0, 0.05) is 18.0 Å². The van der Waals surface area contributed by atoms with Crippen LogP contribution < -0.4 is 0 Å². The predicted molar refractivity (Wildman–Crippen MR) is 58.6 cm³/mol. The van der Waals surface area contributed by atoms with Gasteiger partial charge in [0.25, 0.3) is 0 Å². The maximum absolute atomic E-state index is 11.5. The average molecular weight is 222 g/mol. The number of rotatable bonds is 6. The SMILES string of the molecule is CCCCOC(=O)C(N=O)c1cccnc1. The van der Waals surface area contributed by atoms with Crippen LogP contribution in [0, 0.1) is 4.91 Å². The molecule has 0 spiro atoms. The first-order valence-corrected chi connectivity index (χ1v) is 5.18. The Morgan fingerprint density at radius 1 is 1.62 bits per heavy atom. The second-order valence-corrected chi connectivity index (χ2v) is 3.32. The molecular formula is C11H14N2O3. The second-order valence-electron chi connectivity index (χ2n) is 3.32. The third-order valence-electron chi connectivity index (χ3n) is 2.07. The molecule has 16 heavy (non-hydrogen) atoms. The summed E-state index contributed by atoms with van der Waals surface area (Å²) in [5.41, 5.74) is 0.457. The molecule has 0 amide bonds. The molecule has 0 aliphatic rings. The molecular weight excluding hydrogens is 208 g/mol. The van der Waals surface area contributed by atoms with Crippen LogP contribution in [0.5, 0.6) is 0 Å². The molecule has 0 aliphatic carbocycles. The summed E-state index contributed by atoms with van der Waals surface area (Å²) in [5, 5.41) is 2.77. The van der Waals surface area contributed by atoms with Gasteiger partial charge in [-0.15, -0.1) is 4.91 Å². The lowest BCUT2D eigenvalue weighted by Gasteiger charge is -2.08. The van der Waals surface area contributed by atoms with E-state index in [1.807, 2.05) is 6.92 Å². The molecule has 0 aromatic carbocycles. The zero-order chi connectivity index (χ0) is 11.8. The van der Waals surface area contributed by atoms with Crippen molar-refractivity contribution in [2.45, 2.75) is 25.8 Å². The van der Waals surface area contributed by atoms with Gasteiger partial charge in [-0.1, -0.05) is 19.4 Å². The van der Waals surface area contributed by atoms with Gasteiger partial charge in [0.2, 0.25) is 6.04 Å². The number of carbonyl (C=O) groups excluding carboxylic acids is 1. The molecule has 5 heteroatoms. The van der Waals surface area contributed by atoms with Crippen molar-refractivity contribution >= 4 is 5.97 Å². The highest BCUT2D eigenvalue weighted by atomic mass is 16.5. The summed E-state index contributed by atoms with van der Waals surface area (Å²) in [7, 11) is 0. The van der Waals surface area contributed by atoms with E-state index >= 15 is 0 Å². The van der Waals surface area contributed by atoms with E-state index in [0.29, 0.717) is 12.2 Å². The van der Waals surface area contributed by atoms with Gasteiger partial charge in [-0.05, 0) is 17.7 Å². The Morgan fingerprint density at radius 2 is 2.44 bits per heavy atom. The minimum Gasteiger partial charge on any atom is -0.464 e. The maximum Gasteiger partial charge on any atom is 0.339 e. The van der Waals surface area contributed by atoms with Crippen molar-refractivity contribution in [3.63, 3.8) is 0 Å². The fourth-order valence-corrected chi connectivity index (χ4v) is 1.17. The molecule has 0 radical (unpaired) electrons. The molecule has 1 atom stereocenters. The summed E-state index contributed by atoms with van der Waals surface area (Å²) in [4.78, 5) is 25.9. The summed E-state index contributed by atoms with van der Waals surface area (Å²) in [5.74, 6) is -0.614. The predicted octanol–water partition coefficient (Wildman–Crippen LogP) is 2.23. The van der Waals surface area contributed by atoms with Crippen LogP contribution in [-0.4, -0.2) is 17.6 Å². The first-order valence-electron chi connectivity index (χ1n) is 5.18. The summed E-state index contributed by atoms with van der Waals surface area (Å²) < 4.78 is 4.93. The molecule has 1 aromatic rings. The number of hydrogen-bond acceptors (Lipinski definition) is 5. The molecule has 5 nitrogen and oxygen atoms in total. The summed E-state index contributed by atoms with van der Waals surface area (Å²) in [6.07, 6.45) is 4.71. The van der Waals surface area contributed by atoms with Crippen molar-refractivity contribution in [2.75, 3.05) is 6.61 Å². The Balaban J connectivity index is 2.61. The van der Waals surface area contributed by atoms with E-state index in [1.165, 1.54) is 6.20 Å². The maximum atomic E-state index is 11.5. The van der Waals surface area contributed by atoms with Crippen LogP contribution in [0.25, 0.3) is 0 Å². The molecule has 86 valence electrons. The van der Waals surface area contributed by atoms with Crippen LogP contribution in [0.1, 0.15) is 31.4 Å². The minimum atomic E-state index is -1.11. The molecule has 0 bridgehead atoms. The minimum absolute atomic E-state index is 0.321. The molecule has 0 aliphatic heterocycles. The van der Waals surface area contributed by atoms with Gasteiger partial charge in [-0.2, -0.15) is 0 Å². The van der Waals surface area contributed by atoms with Crippen molar-refractivity contribution in [3.05, 3.63) is 35.0 Å². The number of pyridine rings is 1. The smallest absolute Gasteiger partial charge is 0.339 e. The molecule has 1 rings (SSSR count). The van der Waals surface area contributed by atoms with E-state index in [2.05, 4.69) is 10.2 Å². The van der Waals surface area contributed by atoms with E-state index in [9.17, 15) is 9.70 Å². The van der Waals surface area contributed by atoms with Crippen molar-refractivity contribution < 1.29 is 9.53 Å². The van der Waals surface area contributed by atoms with Crippen LogP contribution in [0.2, 0.25) is 0 Å². The van der Waals surface area contributed by atoms with Crippen molar-refractivity contribution in [1.82, 2.24) is 4.98 Å². The zero-order valence-corrected chi connectivity index (χ0v) is 9.13. The standard InChI is InChI=1S/C11H14N2O3/c1-2-3-7-16-11(14)10(13-15)9-5-4-6-12-8-9/h4-6,8,10H,2-3,7H2,1H3. The van der Waals surface area contributed by atoms with Gasteiger partial charge in [0.15, 0.2) is 0 Å². The van der Waals surface area contributed by atoms with Gasteiger partial charge < -0.3 is 4.74 Å². The second kappa shape index (κ2) is 6.66. The lowest BCUT2D eigenvalue weighted by molar-refractivity contribution is -0.145. The average Bonchev–Trinajstić information content (AvgIpc) is 2.32. The van der Waals surface area contributed by atoms with Crippen molar-refractivity contribution in [1.29, 1.82) is 0 Å². The number of unbranched alkanes of at least 4 members (excludes halogenated alkanes) is 1. The normalized spacial score (nSPS) is 11.8. The van der Waals surface area contributed by atoms with E-state index in [0.717, 1.165) is 12.8 Å². The van der Waals surface area contributed by atoms with Crippen molar-refractivity contribution in [2.24, 2.45) is 5.18 Å². The van der Waals surface area contributed by atoms with E-state index in [1.54, 1.807) is 18.3 Å². The van der Waals surface area contributed by atoms with Crippen LogP contribution in [0.3, 0.4) is 0 Å². The largest absolute Gasteiger partial charge is 0.464 e. The Bertz CT molecular complexity index is 340. The Labute approximate surface area is 93.8 Å². The number of hydrogen-bond donors (Lipinski definition) is 0.